The Labute approximate surface area is 353 Å². The van der Waals surface area contributed by atoms with Gasteiger partial charge in [0.25, 0.3) is 0 Å². The van der Waals surface area contributed by atoms with Crippen molar-refractivity contribution in [3.05, 3.63) is 231 Å². The lowest BCUT2D eigenvalue weighted by molar-refractivity contribution is 0.669. The Kier molecular flexibility index (Phi) is 8.17. The average molecular weight is 779 g/mol. The second-order valence-electron chi connectivity index (χ2n) is 15.7. The molecule has 0 saturated carbocycles. The van der Waals surface area contributed by atoms with Gasteiger partial charge in [0, 0.05) is 44.0 Å². The van der Waals surface area contributed by atoms with E-state index in [0.29, 0.717) is 0 Å². The van der Waals surface area contributed by atoms with Gasteiger partial charge in [0.15, 0.2) is 0 Å². The number of rotatable bonds is 7. The molecule has 0 aliphatic rings. The predicted molar refractivity (Wildman–Crippen MR) is 257 cm³/mol. The minimum Gasteiger partial charge on any atom is -0.456 e. The molecule has 0 bridgehead atoms. The molecule has 0 spiro atoms. The summed E-state index contributed by atoms with van der Waals surface area (Å²) < 4.78 is 8.67. The fourth-order valence-electron chi connectivity index (χ4n) is 9.24. The van der Waals surface area contributed by atoms with E-state index < -0.39 is 0 Å². The standard InChI is InChI=1S/C58H38N2O/c1-2-18-49-42(12-1)13-11-24-54(49)59(47-16-10-15-44(37-47)45-32-35-53-52-21-5-8-25-57(52)61-58(53)38-45)46-33-30-40(31-34-46)39-26-28-41(29-27-39)43-14-9-17-48(36-43)60-55-22-6-3-19-50(55)51-20-4-7-23-56(51)60/h1-38H. The van der Waals surface area contributed by atoms with Gasteiger partial charge in [0.1, 0.15) is 11.2 Å². The van der Waals surface area contributed by atoms with Crippen LogP contribution in [0.1, 0.15) is 0 Å². The first kappa shape index (κ1) is 34.9. The molecule has 61 heavy (non-hydrogen) atoms. The van der Waals surface area contributed by atoms with E-state index in [1.165, 1.54) is 54.8 Å². The number of furan rings is 1. The van der Waals surface area contributed by atoms with E-state index in [1.807, 2.05) is 12.1 Å². The van der Waals surface area contributed by atoms with E-state index in [4.69, 9.17) is 4.42 Å². The summed E-state index contributed by atoms with van der Waals surface area (Å²) in [5.74, 6) is 0. The monoisotopic (exact) mass is 778 g/mol. The smallest absolute Gasteiger partial charge is 0.136 e. The van der Waals surface area contributed by atoms with Crippen LogP contribution >= 0.6 is 0 Å². The Balaban J connectivity index is 0.887. The van der Waals surface area contributed by atoms with Gasteiger partial charge in [-0.1, -0.05) is 158 Å². The van der Waals surface area contributed by atoms with Gasteiger partial charge in [-0.25, -0.2) is 0 Å². The third-order valence-electron chi connectivity index (χ3n) is 12.2. The van der Waals surface area contributed by atoms with Crippen molar-refractivity contribution in [1.29, 1.82) is 0 Å². The molecule has 0 fully saturated rings. The third kappa shape index (κ3) is 5.98. The van der Waals surface area contributed by atoms with Crippen molar-refractivity contribution >= 4 is 71.6 Å². The lowest BCUT2D eigenvalue weighted by atomic mass is 9.99. The van der Waals surface area contributed by atoms with Gasteiger partial charge in [0.05, 0.1) is 16.7 Å². The molecule has 3 heteroatoms. The van der Waals surface area contributed by atoms with Crippen molar-refractivity contribution in [1.82, 2.24) is 4.57 Å². The number of hydrogen-bond acceptors (Lipinski definition) is 2. The molecule has 10 aromatic carbocycles. The zero-order chi connectivity index (χ0) is 40.3. The molecule has 12 aromatic rings. The van der Waals surface area contributed by atoms with Crippen LogP contribution in [0.5, 0.6) is 0 Å². The number of benzene rings is 10. The van der Waals surface area contributed by atoms with Gasteiger partial charge < -0.3 is 13.9 Å². The molecule has 0 N–H and O–H groups in total. The summed E-state index contributed by atoms with van der Waals surface area (Å²) in [5.41, 5.74) is 15.6. The zero-order valence-electron chi connectivity index (χ0n) is 33.2. The maximum absolute atomic E-state index is 6.29. The summed E-state index contributed by atoms with van der Waals surface area (Å²) in [7, 11) is 0. The highest BCUT2D eigenvalue weighted by atomic mass is 16.3. The number of aromatic nitrogens is 1. The van der Waals surface area contributed by atoms with Crippen LogP contribution in [0.2, 0.25) is 0 Å². The number of anilines is 3. The van der Waals surface area contributed by atoms with Crippen molar-refractivity contribution in [2.24, 2.45) is 0 Å². The quantitative estimate of drug-likeness (QED) is 0.161. The topological polar surface area (TPSA) is 21.3 Å². The van der Waals surface area contributed by atoms with E-state index in [2.05, 4.69) is 228 Å². The molecular weight excluding hydrogens is 741 g/mol. The van der Waals surface area contributed by atoms with E-state index in [0.717, 1.165) is 55.8 Å². The largest absolute Gasteiger partial charge is 0.456 e. The predicted octanol–water partition coefficient (Wildman–Crippen LogP) is 16.3. The molecule has 0 aliphatic heterocycles. The Bertz CT molecular complexity index is 3530. The highest BCUT2D eigenvalue weighted by molar-refractivity contribution is 6.09. The molecular formula is C58H38N2O. The van der Waals surface area contributed by atoms with Crippen LogP contribution in [0.4, 0.5) is 17.1 Å². The van der Waals surface area contributed by atoms with E-state index in [1.54, 1.807) is 0 Å². The van der Waals surface area contributed by atoms with Gasteiger partial charge >= 0.3 is 0 Å². The first-order valence-electron chi connectivity index (χ1n) is 20.8. The van der Waals surface area contributed by atoms with Crippen molar-refractivity contribution in [3.63, 3.8) is 0 Å². The number of nitrogens with zero attached hydrogens (tertiary/aromatic N) is 2. The lowest BCUT2D eigenvalue weighted by Crippen LogP contribution is -2.10. The molecule has 3 nitrogen and oxygen atoms in total. The summed E-state index contributed by atoms with van der Waals surface area (Å²) in [6.45, 7) is 0. The second kappa shape index (κ2) is 14.3. The molecule has 286 valence electrons. The maximum Gasteiger partial charge on any atom is 0.136 e. The van der Waals surface area contributed by atoms with Crippen molar-refractivity contribution in [2.45, 2.75) is 0 Å². The number of para-hydroxylation sites is 3. The summed E-state index contributed by atoms with van der Waals surface area (Å²) in [5, 5.41) is 7.21. The highest BCUT2D eigenvalue weighted by Crippen LogP contribution is 2.42. The fraction of sp³-hybridized carbons (Fsp3) is 0. The molecule has 0 amide bonds. The first-order chi connectivity index (χ1) is 30.2. The molecule has 0 saturated heterocycles. The summed E-state index contributed by atoms with van der Waals surface area (Å²) >= 11 is 0. The minimum atomic E-state index is 0.895. The molecule has 0 unspecified atom stereocenters. The van der Waals surface area contributed by atoms with Crippen LogP contribution in [0.25, 0.3) is 93.6 Å². The van der Waals surface area contributed by atoms with Gasteiger partial charge in [-0.05, 0) is 112 Å². The third-order valence-corrected chi connectivity index (χ3v) is 12.2. The number of hydrogen-bond donors (Lipinski definition) is 0. The number of fused-ring (bicyclic) bond motifs is 7. The van der Waals surface area contributed by atoms with Gasteiger partial charge in [-0.2, -0.15) is 0 Å². The van der Waals surface area contributed by atoms with Crippen LogP contribution in [-0.2, 0) is 0 Å². The van der Waals surface area contributed by atoms with Crippen LogP contribution < -0.4 is 4.90 Å². The van der Waals surface area contributed by atoms with Crippen LogP contribution in [0, 0.1) is 0 Å². The van der Waals surface area contributed by atoms with E-state index >= 15 is 0 Å². The summed E-state index contributed by atoms with van der Waals surface area (Å²) in [6, 6.07) is 82.9. The summed E-state index contributed by atoms with van der Waals surface area (Å²) in [6.07, 6.45) is 0. The molecule has 12 rings (SSSR count). The van der Waals surface area contributed by atoms with Crippen molar-refractivity contribution in [3.8, 4) is 39.1 Å². The average Bonchev–Trinajstić information content (AvgIpc) is 3.88. The van der Waals surface area contributed by atoms with Crippen LogP contribution in [0.15, 0.2) is 235 Å². The maximum atomic E-state index is 6.29. The van der Waals surface area contributed by atoms with Gasteiger partial charge in [-0.3, -0.25) is 0 Å². The fourth-order valence-corrected chi connectivity index (χ4v) is 9.24. The molecule has 0 aliphatic carbocycles. The summed E-state index contributed by atoms with van der Waals surface area (Å²) in [4.78, 5) is 2.38. The first-order valence-corrected chi connectivity index (χ1v) is 20.8. The lowest BCUT2D eigenvalue weighted by Gasteiger charge is -2.27. The van der Waals surface area contributed by atoms with Crippen molar-refractivity contribution in [2.75, 3.05) is 4.90 Å². The Morgan fingerprint density at radius 1 is 0.311 bits per heavy atom. The Hall–Kier alpha value is -8.14. The normalized spacial score (nSPS) is 11.6. The van der Waals surface area contributed by atoms with E-state index in [-0.39, 0.29) is 0 Å². The minimum absolute atomic E-state index is 0.895. The molecule has 2 aromatic heterocycles. The van der Waals surface area contributed by atoms with Gasteiger partial charge in [-0.15, -0.1) is 0 Å². The molecule has 0 atom stereocenters. The Morgan fingerprint density at radius 2 is 0.836 bits per heavy atom. The molecule has 0 radical (unpaired) electrons. The zero-order valence-corrected chi connectivity index (χ0v) is 33.2. The highest BCUT2D eigenvalue weighted by Gasteiger charge is 2.18. The van der Waals surface area contributed by atoms with Crippen molar-refractivity contribution < 1.29 is 4.42 Å². The SMILES string of the molecule is c1cc(-c2ccc3c(c2)oc2ccccc23)cc(N(c2ccc(-c3ccc(-c4cccc(-n5c6ccccc6c6ccccc65)c4)cc3)cc2)c2cccc3ccccc23)c1. The van der Waals surface area contributed by atoms with Crippen LogP contribution in [-0.4, -0.2) is 4.57 Å². The van der Waals surface area contributed by atoms with Crippen LogP contribution in [0.3, 0.4) is 0 Å². The molecule has 2 heterocycles. The Morgan fingerprint density at radius 3 is 1.59 bits per heavy atom. The van der Waals surface area contributed by atoms with E-state index in [9.17, 15) is 0 Å². The van der Waals surface area contributed by atoms with Gasteiger partial charge in [0.2, 0.25) is 0 Å². The second-order valence-corrected chi connectivity index (χ2v) is 15.7.